The van der Waals surface area contributed by atoms with Crippen LogP contribution >= 0.6 is 0 Å². The van der Waals surface area contributed by atoms with Crippen molar-refractivity contribution >= 4 is 11.6 Å². The molecule has 1 aliphatic heterocycles. The van der Waals surface area contributed by atoms with Gasteiger partial charge in [-0.15, -0.1) is 0 Å². The number of hydrogen-bond acceptors (Lipinski definition) is 3. The number of nitrogens with zero attached hydrogens (tertiary/aromatic N) is 1. The molecule has 0 bridgehead atoms. The van der Waals surface area contributed by atoms with Crippen LogP contribution < -0.4 is 10.1 Å². The van der Waals surface area contributed by atoms with Crippen molar-refractivity contribution in [3.8, 4) is 5.75 Å². The third kappa shape index (κ3) is 4.13. The minimum Gasteiger partial charge on any atom is -0.491 e. The summed E-state index contributed by atoms with van der Waals surface area (Å²) in [5.41, 5.74) is -0.544. The molecule has 1 heterocycles. The first-order valence-corrected chi connectivity index (χ1v) is 7.09. The number of anilines is 1. The Morgan fingerprint density at radius 3 is 2.73 bits per heavy atom. The Labute approximate surface area is 127 Å². The molecule has 1 aliphatic rings. The first-order chi connectivity index (χ1) is 10.3. The van der Waals surface area contributed by atoms with Gasteiger partial charge in [-0.25, -0.2) is 0 Å². The quantitative estimate of drug-likeness (QED) is 0.928. The topological polar surface area (TPSA) is 41.6 Å². The van der Waals surface area contributed by atoms with Crippen LogP contribution in [-0.2, 0) is 11.0 Å². The van der Waals surface area contributed by atoms with Gasteiger partial charge in [-0.2, -0.15) is 13.2 Å². The zero-order chi connectivity index (χ0) is 16.3. The Balaban J connectivity index is 2.19. The molecule has 1 unspecified atom stereocenters. The minimum atomic E-state index is -4.49. The van der Waals surface area contributed by atoms with Crippen molar-refractivity contribution in [3.05, 3.63) is 23.8 Å². The van der Waals surface area contributed by atoms with E-state index in [4.69, 9.17) is 4.74 Å². The van der Waals surface area contributed by atoms with Gasteiger partial charge in [-0.1, -0.05) is 0 Å². The lowest BCUT2D eigenvalue weighted by molar-refractivity contribution is -0.139. The van der Waals surface area contributed by atoms with E-state index in [2.05, 4.69) is 10.2 Å². The van der Waals surface area contributed by atoms with Crippen molar-refractivity contribution in [1.29, 1.82) is 0 Å². The van der Waals surface area contributed by atoms with Crippen LogP contribution in [0.3, 0.4) is 0 Å². The molecule has 1 aromatic carbocycles. The number of nitrogens with one attached hydrogen (secondary N) is 1. The number of hydrogen-bond donors (Lipinski definition) is 1. The second kappa shape index (κ2) is 6.56. The predicted molar refractivity (Wildman–Crippen MR) is 76.9 cm³/mol. The molecule has 1 amide bonds. The molecule has 1 atom stereocenters. The first-order valence-electron chi connectivity index (χ1n) is 7.09. The summed E-state index contributed by atoms with van der Waals surface area (Å²) in [6, 6.07) is 3.49. The fraction of sp³-hybridized carbons (Fsp3) is 0.533. The van der Waals surface area contributed by atoms with Gasteiger partial charge < -0.3 is 15.0 Å². The molecule has 1 N–H and O–H groups in total. The number of benzene rings is 1. The Bertz CT molecular complexity index is 546. The zero-order valence-corrected chi connectivity index (χ0v) is 12.5. The lowest BCUT2D eigenvalue weighted by Crippen LogP contribution is -2.31. The molecule has 0 aromatic heterocycles. The third-order valence-electron chi connectivity index (χ3n) is 3.71. The van der Waals surface area contributed by atoms with Crippen LogP contribution in [0, 0.1) is 0 Å². The molecule has 0 radical (unpaired) electrons. The van der Waals surface area contributed by atoms with Crippen molar-refractivity contribution < 1.29 is 22.7 Å². The molecule has 0 saturated carbocycles. The van der Waals surface area contributed by atoms with E-state index in [9.17, 15) is 18.0 Å². The number of likely N-dealkylation sites (N-methyl/N-ethyl adjacent to an activating group) is 1. The highest BCUT2D eigenvalue weighted by Crippen LogP contribution is 2.38. The van der Waals surface area contributed by atoms with Crippen molar-refractivity contribution in [2.75, 3.05) is 25.5 Å². The maximum absolute atomic E-state index is 13.0. The number of halogens is 3. The molecule has 0 spiro atoms. The molecule has 1 fully saturated rings. The highest BCUT2D eigenvalue weighted by Gasteiger charge is 2.35. The highest BCUT2D eigenvalue weighted by molar-refractivity contribution is 5.88. The summed E-state index contributed by atoms with van der Waals surface area (Å²) in [4.78, 5) is 13.1. The van der Waals surface area contributed by atoms with Crippen LogP contribution in [0.1, 0.15) is 25.3 Å². The summed E-state index contributed by atoms with van der Waals surface area (Å²) in [6.45, 7) is 2.42. The van der Waals surface area contributed by atoms with E-state index >= 15 is 0 Å². The van der Waals surface area contributed by atoms with E-state index in [0.717, 1.165) is 25.5 Å². The lowest BCUT2D eigenvalue weighted by atomic mass is 10.1. The van der Waals surface area contributed by atoms with Crippen LogP contribution in [0.4, 0.5) is 18.9 Å². The van der Waals surface area contributed by atoms with E-state index in [0.29, 0.717) is 0 Å². The van der Waals surface area contributed by atoms with Crippen LogP contribution in [0.25, 0.3) is 0 Å². The van der Waals surface area contributed by atoms with E-state index in [1.165, 1.54) is 19.1 Å². The van der Waals surface area contributed by atoms with Gasteiger partial charge in [0.1, 0.15) is 12.4 Å². The fourth-order valence-corrected chi connectivity index (χ4v) is 2.53. The molecular weight excluding hydrogens is 297 g/mol. The van der Waals surface area contributed by atoms with Crippen LogP contribution in [-0.4, -0.2) is 37.0 Å². The predicted octanol–water partition coefficient (Wildman–Crippen LogP) is 3.14. The first kappa shape index (κ1) is 16.6. The van der Waals surface area contributed by atoms with E-state index in [-0.39, 0.29) is 30.0 Å². The molecule has 0 aliphatic carbocycles. The standard InChI is InChI=1S/C15H19F3N2O2/c1-10(21)19-11-5-6-13(15(16,17)18)14(8-11)22-9-12-4-3-7-20(12)2/h5-6,8,12H,3-4,7,9H2,1-2H3,(H,19,21). The van der Waals surface area contributed by atoms with Crippen molar-refractivity contribution in [2.24, 2.45) is 0 Å². The monoisotopic (exact) mass is 316 g/mol. The number of rotatable bonds is 4. The lowest BCUT2D eigenvalue weighted by Gasteiger charge is -2.21. The highest BCUT2D eigenvalue weighted by atomic mass is 19.4. The zero-order valence-electron chi connectivity index (χ0n) is 12.5. The van der Waals surface area contributed by atoms with E-state index in [1.807, 2.05) is 7.05 Å². The van der Waals surface area contributed by atoms with Gasteiger partial charge >= 0.3 is 6.18 Å². The molecule has 122 valence electrons. The number of alkyl halides is 3. The van der Waals surface area contributed by atoms with Gasteiger partial charge in [0.15, 0.2) is 0 Å². The largest absolute Gasteiger partial charge is 0.491 e. The average Bonchev–Trinajstić information content (AvgIpc) is 2.80. The van der Waals surface area contributed by atoms with Crippen LogP contribution in [0.5, 0.6) is 5.75 Å². The number of carbonyl (C=O) groups excluding carboxylic acids is 1. The van der Waals surface area contributed by atoms with Gasteiger partial charge in [0, 0.05) is 24.7 Å². The van der Waals surface area contributed by atoms with Gasteiger partial charge in [0.2, 0.25) is 5.91 Å². The molecule has 1 aromatic rings. The summed E-state index contributed by atoms with van der Waals surface area (Å²) < 4.78 is 44.6. The summed E-state index contributed by atoms with van der Waals surface area (Å²) in [5.74, 6) is -0.597. The Morgan fingerprint density at radius 2 is 2.18 bits per heavy atom. The molecule has 2 rings (SSSR count). The molecule has 4 nitrogen and oxygen atoms in total. The second-order valence-electron chi connectivity index (χ2n) is 5.48. The smallest absolute Gasteiger partial charge is 0.419 e. The summed E-state index contributed by atoms with van der Waals surface area (Å²) in [7, 11) is 1.93. The van der Waals surface area contributed by atoms with E-state index in [1.54, 1.807) is 0 Å². The third-order valence-corrected chi connectivity index (χ3v) is 3.71. The molecule has 1 saturated heterocycles. The second-order valence-corrected chi connectivity index (χ2v) is 5.48. The summed E-state index contributed by atoms with van der Waals surface area (Å²) in [6.07, 6.45) is -2.57. The fourth-order valence-electron chi connectivity index (χ4n) is 2.53. The number of ether oxygens (including phenoxy) is 1. The Hall–Kier alpha value is -1.76. The van der Waals surface area contributed by atoms with Gasteiger partial charge in [0.05, 0.1) is 5.56 Å². The number of likely N-dealkylation sites (tertiary alicyclic amines) is 1. The molecule has 22 heavy (non-hydrogen) atoms. The maximum atomic E-state index is 13.0. The number of amides is 1. The van der Waals surface area contributed by atoms with Crippen molar-refractivity contribution in [1.82, 2.24) is 4.90 Å². The summed E-state index contributed by atoms with van der Waals surface area (Å²) in [5, 5.41) is 2.46. The van der Waals surface area contributed by atoms with Crippen molar-refractivity contribution in [3.63, 3.8) is 0 Å². The van der Waals surface area contributed by atoms with Gasteiger partial charge in [-0.3, -0.25) is 4.79 Å². The molecular formula is C15H19F3N2O2. The van der Waals surface area contributed by atoms with Gasteiger partial charge in [0.25, 0.3) is 0 Å². The van der Waals surface area contributed by atoms with Crippen LogP contribution in [0.15, 0.2) is 18.2 Å². The van der Waals surface area contributed by atoms with Gasteiger partial charge in [-0.05, 0) is 38.6 Å². The number of carbonyl (C=O) groups is 1. The summed E-state index contributed by atoms with van der Waals surface area (Å²) >= 11 is 0. The Morgan fingerprint density at radius 1 is 1.45 bits per heavy atom. The average molecular weight is 316 g/mol. The van der Waals surface area contributed by atoms with E-state index < -0.39 is 11.7 Å². The van der Waals surface area contributed by atoms with Crippen molar-refractivity contribution in [2.45, 2.75) is 32.0 Å². The SMILES string of the molecule is CC(=O)Nc1ccc(C(F)(F)F)c(OCC2CCCN2C)c1. The van der Waals surface area contributed by atoms with Crippen LogP contribution in [0.2, 0.25) is 0 Å². The minimum absolute atomic E-state index is 0.116. The normalized spacial score (nSPS) is 19.2. The molecule has 7 heteroatoms. The Kier molecular flexibility index (Phi) is 4.95. The maximum Gasteiger partial charge on any atom is 0.419 e.